The molecular formula is C12H13ClFN3O. The minimum atomic E-state index is -0.505. The van der Waals surface area contributed by atoms with Crippen LogP contribution in [0.25, 0.3) is 11.3 Å². The third kappa shape index (κ3) is 1.90. The number of halogens is 2. The Morgan fingerprint density at radius 1 is 1.44 bits per heavy atom. The molecule has 0 amide bonds. The lowest BCUT2D eigenvalue weighted by Crippen LogP contribution is -1.98. The Morgan fingerprint density at radius 2 is 2.11 bits per heavy atom. The summed E-state index contributed by atoms with van der Waals surface area (Å²) in [5.74, 6) is 0.457. The van der Waals surface area contributed by atoms with Crippen molar-refractivity contribution in [2.24, 2.45) is 7.05 Å². The summed E-state index contributed by atoms with van der Waals surface area (Å²) < 4.78 is 20.5. The normalized spacial score (nSPS) is 10.7. The Bertz CT molecular complexity index is 590. The first kappa shape index (κ1) is 12.7. The molecule has 0 aliphatic carbocycles. The van der Waals surface area contributed by atoms with Crippen molar-refractivity contribution < 1.29 is 9.13 Å². The fourth-order valence-corrected chi connectivity index (χ4v) is 2.07. The fraction of sp³-hybridized carbons (Fsp3) is 0.250. The molecule has 0 saturated heterocycles. The summed E-state index contributed by atoms with van der Waals surface area (Å²) in [7, 11) is 3.21. The molecule has 1 aromatic carbocycles. The second-order valence-corrected chi connectivity index (χ2v) is 4.35. The number of aryl methyl sites for hydroxylation is 2. The van der Waals surface area contributed by atoms with E-state index in [0.29, 0.717) is 28.4 Å². The van der Waals surface area contributed by atoms with E-state index in [9.17, 15) is 4.39 Å². The highest BCUT2D eigenvalue weighted by Crippen LogP contribution is 2.40. The van der Waals surface area contributed by atoms with Crippen molar-refractivity contribution >= 4 is 17.4 Å². The quantitative estimate of drug-likeness (QED) is 0.912. The lowest BCUT2D eigenvalue weighted by Gasteiger charge is -2.12. The molecule has 1 aromatic heterocycles. The molecule has 0 fully saturated rings. The van der Waals surface area contributed by atoms with E-state index in [2.05, 4.69) is 5.10 Å². The molecule has 1 heterocycles. The molecule has 2 rings (SSSR count). The number of benzene rings is 1. The van der Waals surface area contributed by atoms with E-state index < -0.39 is 5.82 Å². The average molecular weight is 270 g/mol. The Kier molecular flexibility index (Phi) is 3.17. The van der Waals surface area contributed by atoms with Gasteiger partial charge in [0.05, 0.1) is 23.4 Å². The maximum Gasteiger partial charge on any atom is 0.143 e. The highest BCUT2D eigenvalue weighted by atomic mass is 35.5. The molecule has 0 bridgehead atoms. The van der Waals surface area contributed by atoms with Gasteiger partial charge >= 0.3 is 0 Å². The van der Waals surface area contributed by atoms with Crippen LogP contribution in [0.4, 0.5) is 10.2 Å². The Morgan fingerprint density at radius 3 is 2.61 bits per heavy atom. The monoisotopic (exact) mass is 269 g/mol. The van der Waals surface area contributed by atoms with E-state index >= 15 is 0 Å². The minimum Gasteiger partial charge on any atom is -0.496 e. The van der Waals surface area contributed by atoms with Crippen molar-refractivity contribution in [1.82, 2.24) is 9.78 Å². The molecule has 0 atom stereocenters. The van der Waals surface area contributed by atoms with E-state index in [0.717, 1.165) is 0 Å². The van der Waals surface area contributed by atoms with Crippen LogP contribution in [-0.4, -0.2) is 16.9 Å². The Balaban J connectivity index is 2.76. The highest BCUT2D eigenvalue weighted by molar-refractivity contribution is 6.33. The first-order valence-electron chi connectivity index (χ1n) is 5.28. The third-order valence-electron chi connectivity index (χ3n) is 2.73. The fourth-order valence-electron chi connectivity index (χ4n) is 1.83. The minimum absolute atomic E-state index is 0.0180. The number of hydrogen-bond donors (Lipinski definition) is 1. The van der Waals surface area contributed by atoms with Gasteiger partial charge in [0.2, 0.25) is 0 Å². The predicted octanol–water partition coefficient (Wildman–Crippen LogP) is 2.78. The number of nitrogen functional groups attached to an aromatic ring is 1. The van der Waals surface area contributed by atoms with Gasteiger partial charge in [0.25, 0.3) is 0 Å². The van der Waals surface area contributed by atoms with Crippen LogP contribution in [0.15, 0.2) is 12.1 Å². The van der Waals surface area contributed by atoms with Crippen LogP contribution in [0.2, 0.25) is 5.02 Å². The number of aromatic nitrogens is 2. The molecule has 18 heavy (non-hydrogen) atoms. The smallest absolute Gasteiger partial charge is 0.143 e. The number of anilines is 1. The Labute approximate surface area is 109 Å². The molecule has 4 nitrogen and oxygen atoms in total. The second kappa shape index (κ2) is 4.49. The van der Waals surface area contributed by atoms with Crippen LogP contribution in [0, 0.1) is 12.7 Å². The molecule has 0 aliphatic heterocycles. The second-order valence-electron chi connectivity index (χ2n) is 3.98. The molecular weight excluding hydrogens is 257 g/mol. The number of hydrogen-bond acceptors (Lipinski definition) is 3. The predicted molar refractivity (Wildman–Crippen MR) is 69.3 cm³/mol. The van der Waals surface area contributed by atoms with Crippen LogP contribution < -0.4 is 10.5 Å². The Hall–Kier alpha value is -1.75. The van der Waals surface area contributed by atoms with Gasteiger partial charge in [0.15, 0.2) is 0 Å². The van der Waals surface area contributed by atoms with Gasteiger partial charge in [-0.1, -0.05) is 11.6 Å². The van der Waals surface area contributed by atoms with Crippen molar-refractivity contribution in [2.45, 2.75) is 6.92 Å². The largest absolute Gasteiger partial charge is 0.496 e. The molecule has 0 radical (unpaired) electrons. The van der Waals surface area contributed by atoms with Gasteiger partial charge in [-0.25, -0.2) is 4.39 Å². The summed E-state index contributed by atoms with van der Waals surface area (Å²) in [5.41, 5.74) is 7.28. The summed E-state index contributed by atoms with van der Waals surface area (Å²) >= 11 is 6.00. The van der Waals surface area contributed by atoms with Gasteiger partial charge in [-0.2, -0.15) is 5.10 Å². The van der Waals surface area contributed by atoms with Crippen molar-refractivity contribution in [2.75, 3.05) is 12.8 Å². The zero-order valence-electron chi connectivity index (χ0n) is 10.3. The average Bonchev–Trinajstić information content (AvgIpc) is 2.63. The van der Waals surface area contributed by atoms with Crippen LogP contribution in [-0.2, 0) is 7.05 Å². The van der Waals surface area contributed by atoms with Crippen molar-refractivity contribution in [3.05, 3.63) is 28.5 Å². The summed E-state index contributed by atoms with van der Waals surface area (Å²) in [6, 6.07) is 2.96. The first-order valence-corrected chi connectivity index (χ1v) is 5.66. The van der Waals surface area contributed by atoms with E-state index in [4.69, 9.17) is 22.1 Å². The van der Waals surface area contributed by atoms with Gasteiger partial charge in [-0.3, -0.25) is 4.68 Å². The molecule has 2 aromatic rings. The lowest BCUT2D eigenvalue weighted by molar-refractivity contribution is 0.412. The van der Waals surface area contributed by atoms with E-state index in [1.165, 1.54) is 17.9 Å². The summed E-state index contributed by atoms with van der Waals surface area (Å²) in [5, 5.41) is 4.17. The zero-order valence-corrected chi connectivity index (χ0v) is 11.0. The van der Waals surface area contributed by atoms with Gasteiger partial charge in [-0.05, 0) is 18.6 Å². The van der Waals surface area contributed by atoms with Gasteiger partial charge in [0, 0.05) is 13.1 Å². The number of nitrogens with zero attached hydrogens (tertiary/aromatic N) is 2. The maximum absolute atomic E-state index is 13.7. The SMILES string of the molecule is COc1c(C)cc(F)c(Cl)c1-c1cc(N)n(C)n1. The van der Waals surface area contributed by atoms with Gasteiger partial charge in [-0.15, -0.1) is 0 Å². The van der Waals surface area contributed by atoms with Crippen molar-refractivity contribution in [3.63, 3.8) is 0 Å². The molecule has 2 N–H and O–H groups in total. The summed E-state index contributed by atoms with van der Waals surface area (Å²) in [4.78, 5) is 0. The van der Waals surface area contributed by atoms with Crippen molar-refractivity contribution in [3.8, 4) is 17.0 Å². The number of nitrogens with two attached hydrogens (primary N) is 1. The van der Waals surface area contributed by atoms with Gasteiger partial charge in [0.1, 0.15) is 17.4 Å². The number of rotatable bonds is 2. The summed E-state index contributed by atoms with van der Waals surface area (Å²) in [6.45, 7) is 1.74. The zero-order chi connectivity index (χ0) is 13.4. The van der Waals surface area contributed by atoms with Crippen molar-refractivity contribution in [1.29, 1.82) is 0 Å². The first-order chi connectivity index (χ1) is 8.45. The molecule has 96 valence electrons. The van der Waals surface area contributed by atoms with Crippen LogP contribution in [0.5, 0.6) is 5.75 Å². The highest BCUT2D eigenvalue weighted by Gasteiger charge is 2.20. The topological polar surface area (TPSA) is 53.1 Å². The van der Waals surface area contributed by atoms with Crippen LogP contribution >= 0.6 is 11.6 Å². The standard InChI is InChI=1S/C12H13ClFN3O/c1-6-4-7(14)11(13)10(12(6)18-3)8-5-9(15)17(2)16-8/h4-5H,15H2,1-3H3. The molecule has 0 saturated carbocycles. The maximum atomic E-state index is 13.7. The molecule has 6 heteroatoms. The molecule has 0 unspecified atom stereocenters. The van der Waals surface area contributed by atoms with E-state index in [-0.39, 0.29) is 5.02 Å². The molecule has 0 spiro atoms. The van der Waals surface area contributed by atoms with Gasteiger partial charge < -0.3 is 10.5 Å². The van der Waals surface area contributed by atoms with Crippen LogP contribution in [0.3, 0.4) is 0 Å². The number of ether oxygens (including phenoxy) is 1. The lowest BCUT2D eigenvalue weighted by atomic mass is 10.1. The van der Waals surface area contributed by atoms with E-state index in [1.807, 2.05) is 0 Å². The summed E-state index contributed by atoms with van der Waals surface area (Å²) in [6.07, 6.45) is 0. The van der Waals surface area contributed by atoms with E-state index in [1.54, 1.807) is 20.0 Å². The third-order valence-corrected chi connectivity index (χ3v) is 3.10. The molecule has 0 aliphatic rings. The van der Waals surface area contributed by atoms with Crippen LogP contribution in [0.1, 0.15) is 5.56 Å². The number of methoxy groups -OCH3 is 1.